The molecular formula is C16H12N2O3. The van der Waals surface area contributed by atoms with Crippen LogP contribution in [0.2, 0.25) is 0 Å². The molecule has 0 amide bonds. The lowest BCUT2D eigenvalue weighted by molar-refractivity contribution is -0.356. The van der Waals surface area contributed by atoms with Gasteiger partial charge in [0.1, 0.15) is 11.9 Å². The van der Waals surface area contributed by atoms with Gasteiger partial charge in [-0.05, 0) is 17.4 Å². The fraction of sp³-hybridized carbons (Fsp3) is 0.0625. The Morgan fingerprint density at radius 3 is 2.62 bits per heavy atom. The smallest absolute Gasteiger partial charge is 0.391 e. The van der Waals surface area contributed by atoms with Gasteiger partial charge in [-0.25, -0.2) is 4.65 Å². The van der Waals surface area contributed by atoms with Gasteiger partial charge in [0.25, 0.3) is 5.69 Å². The maximum Gasteiger partial charge on any atom is 0.391 e. The minimum Gasteiger partial charge on any atom is -0.614 e. The van der Waals surface area contributed by atoms with Crippen molar-refractivity contribution in [3.63, 3.8) is 0 Å². The number of hydrogen-bond acceptors (Lipinski definition) is 3. The maximum atomic E-state index is 13.3. The fourth-order valence-electron chi connectivity index (χ4n) is 2.83. The van der Waals surface area contributed by atoms with Gasteiger partial charge in [0.15, 0.2) is 0 Å². The number of rotatable bonds is 1. The van der Waals surface area contributed by atoms with Gasteiger partial charge < -0.3 is 15.2 Å². The minimum atomic E-state index is -0.882. The van der Waals surface area contributed by atoms with Crippen molar-refractivity contribution < 1.29 is 9.48 Å². The van der Waals surface area contributed by atoms with E-state index < -0.39 is 4.65 Å². The lowest BCUT2D eigenvalue weighted by atomic mass is 10.1. The molecule has 104 valence electrons. The average molecular weight is 280 g/mol. The molecule has 4 rings (SSSR count). The van der Waals surface area contributed by atoms with E-state index in [0.29, 0.717) is 21.9 Å². The number of fused-ring (bicyclic) bond motifs is 4. The number of amidine groups is 1. The molecule has 5 nitrogen and oxygen atoms in total. The van der Waals surface area contributed by atoms with Crippen LogP contribution in [0, 0.1) is 10.4 Å². The van der Waals surface area contributed by atoms with Gasteiger partial charge in [0.2, 0.25) is 5.69 Å². The Kier molecular flexibility index (Phi) is 2.28. The van der Waals surface area contributed by atoms with E-state index in [1.165, 1.54) is 7.11 Å². The van der Waals surface area contributed by atoms with E-state index in [-0.39, 0.29) is 5.84 Å². The first-order valence-electron chi connectivity index (χ1n) is 6.56. The number of hydroxylamine groups is 2. The van der Waals surface area contributed by atoms with Gasteiger partial charge in [0, 0.05) is 17.4 Å². The molecule has 21 heavy (non-hydrogen) atoms. The third-order valence-corrected chi connectivity index (χ3v) is 3.91. The van der Waals surface area contributed by atoms with E-state index in [9.17, 15) is 10.4 Å². The summed E-state index contributed by atoms with van der Waals surface area (Å²) in [4.78, 5) is 0. The number of quaternary nitrogens is 1. The number of benzene rings is 2. The van der Waals surface area contributed by atoms with Gasteiger partial charge in [0.05, 0.1) is 13.2 Å². The molecule has 5 heteroatoms. The maximum absolute atomic E-state index is 13.3. The van der Waals surface area contributed by atoms with E-state index >= 15 is 0 Å². The molecule has 0 radical (unpaired) electrons. The summed E-state index contributed by atoms with van der Waals surface area (Å²) in [6.07, 6.45) is 3.21. The lowest BCUT2D eigenvalue weighted by Gasteiger charge is -2.30. The Hall–Kier alpha value is -2.63. The molecule has 0 aliphatic carbocycles. The molecule has 0 aromatic heterocycles. The molecule has 0 N–H and O–H groups in total. The first-order valence-corrected chi connectivity index (χ1v) is 6.56. The summed E-state index contributed by atoms with van der Waals surface area (Å²) >= 11 is 0. The van der Waals surface area contributed by atoms with E-state index in [1.54, 1.807) is 30.5 Å². The van der Waals surface area contributed by atoms with Crippen molar-refractivity contribution in [3.05, 3.63) is 63.3 Å². The Balaban J connectivity index is 2.08. The Labute approximate surface area is 120 Å². The highest BCUT2D eigenvalue weighted by Gasteiger charge is 2.45. The standard InChI is InChI=1S/C16H12N2O3/c1-21-13-6-7-14-15(9-13)18(20)10-12-5-3-2-4-11(12)8-16(18)17(14)19/h2-10H,1H3. The van der Waals surface area contributed by atoms with Crippen molar-refractivity contribution >= 4 is 29.5 Å². The summed E-state index contributed by atoms with van der Waals surface area (Å²) in [6, 6.07) is 12.4. The summed E-state index contributed by atoms with van der Waals surface area (Å²) in [5.74, 6) is 0.709. The zero-order valence-corrected chi connectivity index (χ0v) is 11.3. The van der Waals surface area contributed by atoms with Crippen molar-refractivity contribution in [1.29, 1.82) is 0 Å². The molecule has 0 saturated heterocycles. The number of nitrogens with zero attached hydrogens (tertiary/aromatic N) is 2. The Morgan fingerprint density at radius 2 is 1.86 bits per heavy atom. The average Bonchev–Trinajstić information content (AvgIpc) is 2.73. The fourth-order valence-corrected chi connectivity index (χ4v) is 2.83. The molecule has 1 unspecified atom stereocenters. The highest BCUT2D eigenvalue weighted by atomic mass is 16.6. The first-order chi connectivity index (χ1) is 10.1. The molecule has 0 fully saturated rings. The summed E-state index contributed by atoms with van der Waals surface area (Å²) < 4.78 is 4.99. The molecule has 2 aromatic rings. The summed E-state index contributed by atoms with van der Waals surface area (Å²) in [7, 11) is 1.53. The first kappa shape index (κ1) is 12.1. The third kappa shape index (κ3) is 1.50. The van der Waals surface area contributed by atoms with Crippen molar-refractivity contribution in [2.45, 2.75) is 0 Å². The molecule has 2 aliphatic rings. The van der Waals surface area contributed by atoms with Gasteiger partial charge in [-0.15, -0.1) is 4.74 Å². The summed E-state index contributed by atoms with van der Waals surface area (Å²) in [5, 5.41) is 27.4. The quantitative estimate of drug-likeness (QED) is 0.449. The van der Waals surface area contributed by atoms with Gasteiger partial charge in [-0.2, -0.15) is 0 Å². The monoisotopic (exact) mass is 280 g/mol. The highest BCUT2D eigenvalue weighted by molar-refractivity contribution is 6.18. The number of hydrogen-bond donors (Lipinski definition) is 0. The van der Waals surface area contributed by atoms with Crippen LogP contribution in [-0.4, -0.2) is 17.7 Å². The molecule has 2 aromatic carbocycles. The third-order valence-electron chi connectivity index (χ3n) is 3.91. The Morgan fingerprint density at radius 1 is 1.10 bits per heavy atom. The molecule has 2 heterocycles. The van der Waals surface area contributed by atoms with Gasteiger partial charge in [-0.1, -0.05) is 18.2 Å². The molecule has 0 spiro atoms. The second-order valence-corrected chi connectivity index (χ2v) is 5.07. The van der Waals surface area contributed by atoms with Crippen LogP contribution in [0.3, 0.4) is 0 Å². The van der Waals surface area contributed by atoms with Crippen LogP contribution in [0.15, 0.2) is 42.5 Å². The number of ether oxygens (including phenoxy) is 1. The molecule has 0 saturated carbocycles. The lowest BCUT2D eigenvalue weighted by Crippen LogP contribution is -2.49. The van der Waals surface area contributed by atoms with E-state index in [4.69, 9.17) is 4.74 Å². The normalized spacial score (nSPS) is 21.8. The SMILES string of the molecule is COc1ccc2c(c1)[N+]1([O-])C=c3ccccc3=CC1=[N+]2[O-]. The zero-order chi connectivity index (χ0) is 14.6. The second-order valence-electron chi connectivity index (χ2n) is 5.07. The van der Waals surface area contributed by atoms with Crippen LogP contribution in [-0.2, 0) is 0 Å². The van der Waals surface area contributed by atoms with Crippen molar-refractivity contribution in [1.82, 2.24) is 4.65 Å². The summed E-state index contributed by atoms with van der Waals surface area (Å²) in [5.41, 5.74) is 0.742. The zero-order valence-electron chi connectivity index (χ0n) is 11.3. The van der Waals surface area contributed by atoms with Crippen molar-refractivity contribution in [3.8, 4) is 5.75 Å². The van der Waals surface area contributed by atoms with E-state index in [1.807, 2.05) is 24.3 Å². The van der Waals surface area contributed by atoms with Crippen LogP contribution < -0.4 is 19.8 Å². The minimum absolute atomic E-state index is 0.150. The van der Waals surface area contributed by atoms with Crippen molar-refractivity contribution in [2.24, 2.45) is 0 Å². The van der Waals surface area contributed by atoms with E-state index in [2.05, 4.69) is 0 Å². The second kappa shape index (κ2) is 3.94. The molecule has 2 aliphatic heterocycles. The molecule has 1 atom stereocenters. The van der Waals surface area contributed by atoms with Crippen LogP contribution in [0.1, 0.15) is 0 Å². The topological polar surface area (TPSA) is 58.4 Å². The van der Waals surface area contributed by atoms with Crippen LogP contribution in [0.25, 0.3) is 12.3 Å². The highest BCUT2D eigenvalue weighted by Crippen LogP contribution is 2.42. The predicted molar refractivity (Wildman–Crippen MR) is 81.1 cm³/mol. The van der Waals surface area contributed by atoms with Gasteiger partial charge >= 0.3 is 5.84 Å². The molecular weight excluding hydrogens is 268 g/mol. The van der Waals surface area contributed by atoms with Crippen LogP contribution in [0.4, 0.5) is 11.4 Å². The largest absolute Gasteiger partial charge is 0.614 e. The number of methoxy groups -OCH3 is 1. The van der Waals surface area contributed by atoms with Crippen LogP contribution >= 0.6 is 0 Å². The van der Waals surface area contributed by atoms with E-state index in [0.717, 1.165) is 10.4 Å². The van der Waals surface area contributed by atoms with Crippen molar-refractivity contribution in [2.75, 3.05) is 7.11 Å². The molecule has 0 bridgehead atoms. The Bertz CT molecular complexity index is 917. The van der Waals surface area contributed by atoms with Gasteiger partial charge in [-0.3, -0.25) is 0 Å². The van der Waals surface area contributed by atoms with Crippen LogP contribution in [0.5, 0.6) is 5.75 Å². The predicted octanol–water partition coefficient (Wildman–Crippen LogP) is 1.29. The summed E-state index contributed by atoms with van der Waals surface area (Å²) in [6.45, 7) is 0.